The number of carbonyl (C=O) groups excluding carboxylic acids is 2. The first-order valence-corrected chi connectivity index (χ1v) is 38.1. The molecule has 0 saturated carbocycles. The molecule has 0 radical (unpaired) electrons. The van der Waals surface area contributed by atoms with Gasteiger partial charge in [-0.25, -0.2) is 4.57 Å². The summed E-state index contributed by atoms with van der Waals surface area (Å²) in [5, 5.41) is 3.07. The summed E-state index contributed by atoms with van der Waals surface area (Å²) in [6, 6.07) is -0.860. The van der Waals surface area contributed by atoms with Gasteiger partial charge in [-0.2, -0.15) is 0 Å². The quantitative estimate of drug-likeness (QED) is 0.0205. The lowest BCUT2D eigenvalue weighted by Gasteiger charge is -2.27. The Balaban J connectivity index is 5.02. The predicted molar refractivity (Wildman–Crippen MR) is 378 cm³/mol. The van der Waals surface area contributed by atoms with Crippen LogP contribution in [0.1, 0.15) is 329 Å². The highest BCUT2D eigenvalue weighted by molar-refractivity contribution is 7.47. The molecule has 1 amide bonds. The highest BCUT2D eigenvalue weighted by Crippen LogP contribution is 2.43. The van der Waals surface area contributed by atoms with Crippen LogP contribution in [0.2, 0.25) is 0 Å². The Morgan fingerprint density at radius 3 is 1.11 bits per heavy atom. The van der Waals surface area contributed by atoms with Crippen LogP contribution in [0, 0.1) is 0 Å². The molecule has 0 spiro atoms. The fraction of sp³-hybridized carbons (Fsp3) is 0.766. The third-order valence-electron chi connectivity index (χ3n) is 16.0. The summed E-state index contributed by atoms with van der Waals surface area (Å²) in [7, 11) is 1.49. The van der Waals surface area contributed by atoms with Gasteiger partial charge in [-0.1, -0.05) is 305 Å². The van der Waals surface area contributed by atoms with Crippen LogP contribution in [-0.2, 0) is 27.9 Å². The molecule has 0 fully saturated rings. The molecule has 0 aromatic carbocycles. The van der Waals surface area contributed by atoms with Crippen LogP contribution in [-0.4, -0.2) is 74.3 Å². The molecule has 2 N–H and O–H groups in total. The minimum absolute atomic E-state index is 0.0347. The normalized spacial score (nSPS) is 14.1. The number of nitrogens with one attached hydrogen (secondary N) is 1. The summed E-state index contributed by atoms with van der Waals surface area (Å²) in [5.74, 6) is -0.517. The van der Waals surface area contributed by atoms with Gasteiger partial charge in [0, 0.05) is 12.8 Å². The number of carbonyl (C=O) groups is 2. The number of unbranched alkanes of at least 4 members (excludes halogenated alkanes) is 36. The van der Waals surface area contributed by atoms with E-state index in [4.69, 9.17) is 13.8 Å². The molecule has 0 heterocycles. The van der Waals surface area contributed by atoms with E-state index in [1.807, 2.05) is 33.3 Å². The number of quaternary nitrogens is 1. The standard InChI is InChI=1S/C77H139N2O7P/c1-7-10-13-16-19-22-25-27-29-31-33-35-37-39-41-43-45-47-49-51-54-57-60-63-66-69-76(80)78-74(73-85-87(82,83)84-72-71-79(4,5)6)75(68-65-62-59-56-53-24-21-18-15-12-9-3)86-77(81)70-67-64-61-58-55-52-50-48-46-44-42-40-38-36-34-32-30-28-26-23-20-17-14-11-8-2/h11,14,20,23,27-30,34,36,40,42,46,48,65,68,74-75H,7-10,12-13,15-19,21-22,24-26,31-33,35,37-39,41,43-45,47,49-64,66-67,69-73H2,1-6H3,(H-,78,80,82,83)/p+1/b14-11-,23-20-,29-27+,30-28-,36-34-,42-40-,48-46-,68-65+. The lowest BCUT2D eigenvalue weighted by Crippen LogP contribution is -2.47. The molecule has 504 valence electrons. The summed E-state index contributed by atoms with van der Waals surface area (Å²) in [6.45, 7) is 6.91. The largest absolute Gasteiger partial charge is 0.472 e. The third kappa shape index (κ3) is 67.2. The highest BCUT2D eigenvalue weighted by atomic mass is 31.2. The zero-order valence-electron chi connectivity index (χ0n) is 57.7. The van der Waals surface area contributed by atoms with Crippen molar-refractivity contribution in [3.63, 3.8) is 0 Å². The number of rotatable bonds is 66. The van der Waals surface area contributed by atoms with E-state index < -0.39 is 20.0 Å². The topological polar surface area (TPSA) is 111 Å². The van der Waals surface area contributed by atoms with Gasteiger partial charge in [0.25, 0.3) is 0 Å². The number of phosphoric acid groups is 1. The molecule has 3 atom stereocenters. The molecule has 87 heavy (non-hydrogen) atoms. The van der Waals surface area contributed by atoms with Gasteiger partial charge >= 0.3 is 13.8 Å². The minimum atomic E-state index is -4.46. The highest BCUT2D eigenvalue weighted by Gasteiger charge is 2.30. The molecule has 0 bridgehead atoms. The van der Waals surface area contributed by atoms with Gasteiger partial charge in [-0.15, -0.1) is 0 Å². The molecule has 0 aromatic rings. The number of hydrogen-bond donors (Lipinski definition) is 2. The summed E-state index contributed by atoms with van der Waals surface area (Å²) >= 11 is 0. The zero-order chi connectivity index (χ0) is 63.5. The van der Waals surface area contributed by atoms with E-state index in [1.54, 1.807) is 0 Å². The van der Waals surface area contributed by atoms with E-state index in [0.717, 1.165) is 122 Å². The minimum Gasteiger partial charge on any atom is -0.456 e. The Labute approximate surface area is 538 Å². The summed E-state index contributed by atoms with van der Waals surface area (Å²) < 4.78 is 30.8. The van der Waals surface area contributed by atoms with Gasteiger partial charge in [0.1, 0.15) is 19.3 Å². The van der Waals surface area contributed by atoms with Gasteiger partial charge in [0.2, 0.25) is 5.91 Å². The van der Waals surface area contributed by atoms with Crippen LogP contribution >= 0.6 is 7.82 Å². The molecule has 9 nitrogen and oxygen atoms in total. The molecule has 10 heteroatoms. The third-order valence-corrected chi connectivity index (χ3v) is 17.0. The number of hydrogen-bond acceptors (Lipinski definition) is 6. The summed E-state index contributed by atoms with van der Waals surface area (Å²) in [4.78, 5) is 37.9. The Morgan fingerprint density at radius 2 is 0.736 bits per heavy atom. The maximum Gasteiger partial charge on any atom is 0.472 e. The van der Waals surface area contributed by atoms with E-state index in [2.05, 4.69) is 111 Å². The number of likely N-dealkylation sites (N-methyl/N-ethyl adjacent to an activating group) is 1. The van der Waals surface area contributed by atoms with E-state index in [-0.39, 0.29) is 31.5 Å². The fourth-order valence-electron chi connectivity index (χ4n) is 10.4. The van der Waals surface area contributed by atoms with Crippen LogP contribution in [0.4, 0.5) is 0 Å². The second-order valence-electron chi connectivity index (χ2n) is 25.7. The van der Waals surface area contributed by atoms with Crippen molar-refractivity contribution in [3.05, 3.63) is 97.2 Å². The molecule has 0 saturated heterocycles. The second-order valence-corrected chi connectivity index (χ2v) is 27.2. The van der Waals surface area contributed by atoms with E-state index in [0.29, 0.717) is 17.4 Å². The lowest BCUT2D eigenvalue weighted by molar-refractivity contribution is -0.870. The van der Waals surface area contributed by atoms with Gasteiger partial charge in [0.05, 0.1) is 33.8 Å². The number of nitrogens with zero attached hydrogens (tertiary/aromatic N) is 1. The SMILES string of the molecule is CC/C=C\C/C=C\C/C=C\C/C=C\C/C=C\C/C=C\CCCCCCCCC(=O)OC(/C=C/CCCCCCCCCCC)C(COP(=O)(O)OCC[N+](C)(C)C)NC(=O)CCCCCCCCCCCCCCCCC/C=C/CCCCCCCC. The van der Waals surface area contributed by atoms with Crippen LogP contribution in [0.15, 0.2) is 97.2 Å². The monoisotopic (exact) mass is 1240 g/mol. The first kappa shape index (κ1) is 83.9. The molecular weight excluding hydrogens is 1100 g/mol. The van der Waals surface area contributed by atoms with Crippen molar-refractivity contribution in [1.29, 1.82) is 0 Å². The van der Waals surface area contributed by atoms with Crippen LogP contribution in [0.5, 0.6) is 0 Å². The zero-order valence-corrected chi connectivity index (χ0v) is 58.6. The Kier molecular flexibility index (Phi) is 63.5. The smallest absolute Gasteiger partial charge is 0.456 e. The van der Waals surface area contributed by atoms with Crippen molar-refractivity contribution < 1.29 is 37.3 Å². The molecular formula is C77H140N2O7P+. The summed E-state index contributed by atoms with van der Waals surface area (Å²) in [6.07, 6.45) is 90.0. The van der Waals surface area contributed by atoms with Gasteiger partial charge in [-0.3, -0.25) is 18.6 Å². The van der Waals surface area contributed by atoms with Crippen LogP contribution in [0.3, 0.4) is 0 Å². The maximum absolute atomic E-state index is 13.6. The fourth-order valence-corrected chi connectivity index (χ4v) is 11.1. The molecule has 0 aliphatic rings. The second kappa shape index (κ2) is 65.9. The number of amides is 1. The first-order chi connectivity index (χ1) is 42.4. The molecule has 0 aromatic heterocycles. The molecule has 3 unspecified atom stereocenters. The van der Waals surface area contributed by atoms with E-state index >= 15 is 0 Å². The lowest BCUT2D eigenvalue weighted by atomic mass is 10.0. The molecule has 0 aliphatic heterocycles. The maximum atomic E-state index is 13.6. The number of ether oxygens (including phenoxy) is 1. The van der Waals surface area contributed by atoms with Gasteiger partial charge < -0.3 is 19.4 Å². The summed E-state index contributed by atoms with van der Waals surface area (Å²) in [5.41, 5.74) is 0. The predicted octanol–water partition coefficient (Wildman–Crippen LogP) is 23.5. The number of esters is 1. The van der Waals surface area contributed by atoms with Crippen molar-refractivity contribution in [2.45, 2.75) is 341 Å². The van der Waals surface area contributed by atoms with E-state index in [9.17, 15) is 19.0 Å². The Bertz CT molecular complexity index is 1810. The number of allylic oxidation sites excluding steroid dienone is 15. The molecule has 0 aliphatic carbocycles. The van der Waals surface area contributed by atoms with Crippen molar-refractivity contribution >= 4 is 19.7 Å². The first-order valence-electron chi connectivity index (χ1n) is 36.6. The van der Waals surface area contributed by atoms with Gasteiger partial charge in [-0.05, 0) is 109 Å². The van der Waals surface area contributed by atoms with Gasteiger partial charge in [0.15, 0.2) is 0 Å². The average molecular weight is 1240 g/mol. The van der Waals surface area contributed by atoms with E-state index in [1.165, 1.54) is 173 Å². The average Bonchev–Trinajstić information content (AvgIpc) is 3.70. The number of phosphoric ester groups is 1. The van der Waals surface area contributed by atoms with Crippen molar-refractivity contribution in [2.75, 3.05) is 40.9 Å². The van der Waals surface area contributed by atoms with Crippen molar-refractivity contribution in [1.82, 2.24) is 5.32 Å². The Hall–Kier alpha value is -3.07. The Morgan fingerprint density at radius 1 is 0.414 bits per heavy atom. The van der Waals surface area contributed by atoms with Crippen LogP contribution in [0.25, 0.3) is 0 Å². The van der Waals surface area contributed by atoms with Crippen molar-refractivity contribution in [3.8, 4) is 0 Å². The van der Waals surface area contributed by atoms with Crippen molar-refractivity contribution in [2.24, 2.45) is 0 Å². The molecule has 0 rings (SSSR count). The van der Waals surface area contributed by atoms with Crippen LogP contribution < -0.4 is 5.32 Å².